The fourth-order valence-corrected chi connectivity index (χ4v) is 3.66. The molecule has 140 valence electrons. The summed E-state index contributed by atoms with van der Waals surface area (Å²) in [6.45, 7) is 3.59. The fourth-order valence-electron chi connectivity index (χ4n) is 2.50. The molecule has 8 nitrogen and oxygen atoms in total. The number of hydrogen-bond donors (Lipinski definition) is 2. The monoisotopic (exact) mass is 380 g/mol. The van der Waals surface area contributed by atoms with Crippen LogP contribution >= 0.6 is 11.8 Å². The number of amides is 3. The van der Waals surface area contributed by atoms with Crippen molar-refractivity contribution in [2.45, 2.75) is 31.6 Å². The Balaban J connectivity index is 2.03. The number of aliphatic carboxylic acids is 1. The Labute approximate surface area is 154 Å². The maximum Gasteiger partial charge on any atom is 0.327 e. The van der Waals surface area contributed by atoms with Crippen LogP contribution in [0.25, 0.3) is 0 Å². The van der Waals surface area contributed by atoms with Gasteiger partial charge in [0.15, 0.2) is 0 Å². The van der Waals surface area contributed by atoms with E-state index < -0.39 is 29.1 Å². The van der Waals surface area contributed by atoms with Crippen LogP contribution in [0.5, 0.6) is 5.75 Å². The van der Waals surface area contributed by atoms with Crippen LogP contribution in [0, 0.1) is 0 Å². The molecule has 0 aromatic heterocycles. The topological polar surface area (TPSA) is 113 Å². The molecule has 0 spiro atoms. The van der Waals surface area contributed by atoms with Crippen molar-refractivity contribution >= 4 is 41.1 Å². The summed E-state index contributed by atoms with van der Waals surface area (Å²) in [5, 5.41) is 10.7. The van der Waals surface area contributed by atoms with Crippen molar-refractivity contribution in [2.75, 3.05) is 17.3 Å². The van der Waals surface area contributed by atoms with E-state index in [4.69, 9.17) is 9.84 Å². The molecule has 9 heteroatoms. The summed E-state index contributed by atoms with van der Waals surface area (Å²) in [4.78, 5) is 48.1. The van der Waals surface area contributed by atoms with Gasteiger partial charge in [-0.25, -0.2) is 9.69 Å². The molecule has 1 aromatic carbocycles. The number of ether oxygens (including phenoxy) is 1. The molecule has 0 radical (unpaired) electrons. The summed E-state index contributed by atoms with van der Waals surface area (Å²) in [5.41, 5.74) is 0.447. The van der Waals surface area contributed by atoms with E-state index >= 15 is 0 Å². The molecule has 3 amide bonds. The Morgan fingerprint density at radius 3 is 2.54 bits per heavy atom. The minimum absolute atomic E-state index is 0.00425. The first-order valence-corrected chi connectivity index (χ1v) is 9.09. The van der Waals surface area contributed by atoms with Gasteiger partial charge in [0.05, 0.1) is 17.5 Å². The summed E-state index contributed by atoms with van der Waals surface area (Å²) in [6, 6.07) is 5.50. The Hall–Kier alpha value is -2.55. The third kappa shape index (κ3) is 4.75. The van der Waals surface area contributed by atoms with Crippen LogP contribution in [0.1, 0.15) is 20.3 Å². The zero-order valence-corrected chi connectivity index (χ0v) is 15.2. The van der Waals surface area contributed by atoms with Gasteiger partial charge >= 0.3 is 5.97 Å². The average Bonchev–Trinajstić information content (AvgIpc) is 2.86. The van der Waals surface area contributed by atoms with E-state index in [9.17, 15) is 19.2 Å². The highest BCUT2D eigenvalue weighted by molar-refractivity contribution is 8.00. The standard InChI is InChI=1S/C17H20N2O6S/c1-3-25-12-6-4-11(5-7-12)19-15(21)8-14(16(19)22)26-9-13(17(23)24)18-10(2)20/h4-7,13-14H,3,8-9H2,1-2H3,(H,18,20)(H,23,24). The normalized spacial score (nSPS) is 17.9. The number of rotatable bonds is 8. The van der Waals surface area contributed by atoms with Gasteiger partial charge in [0.25, 0.3) is 0 Å². The van der Waals surface area contributed by atoms with Crippen molar-refractivity contribution in [3.8, 4) is 5.75 Å². The highest BCUT2D eigenvalue weighted by atomic mass is 32.2. The van der Waals surface area contributed by atoms with E-state index in [0.29, 0.717) is 18.0 Å². The van der Waals surface area contributed by atoms with E-state index in [1.54, 1.807) is 24.3 Å². The lowest BCUT2D eigenvalue weighted by Gasteiger charge is -2.17. The molecular weight excluding hydrogens is 360 g/mol. The van der Waals surface area contributed by atoms with Crippen LogP contribution in [0.4, 0.5) is 5.69 Å². The van der Waals surface area contributed by atoms with Crippen molar-refractivity contribution in [2.24, 2.45) is 0 Å². The van der Waals surface area contributed by atoms with Gasteiger partial charge in [0.2, 0.25) is 17.7 Å². The van der Waals surface area contributed by atoms with Gasteiger partial charge in [-0.1, -0.05) is 0 Å². The molecule has 2 rings (SSSR count). The lowest BCUT2D eigenvalue weighted by atomic mass is 10.3. The van der Waals surface area contributed by atoms with Crippen molar-refractivity contribution in [3.63, 3.8) is 0 Å². The third-order valence-electron chi connectivity index (χ3n) is 3.65. The van der Waals surface area contributed by atoms with E-state index in [0.717, 1.165) is 16.7 Å². The van der Waals surface area contributed by atoms with Crippen molar-refractivity contribution in [1.29, 1.82) is 0 Å². The van der Waals surface area contributed by atoms with Gasteiger partial charge in [0.1, 0.15) is 11.8 Å². The number of nitrogens with zero attached hydrogens (tertiary/aromatic N) is 1. The van der Waals surface area contributed by atoms with Gasteiger partial charge in [0, 0.05) is 19.1 Å². The van der Waals surface area contributed by atoms with Crippen molar-refractivity contribution in [3.05, 3.63) is 24.3 Å². The first-order valence-electron chi connectivity index (χ1n) is 8.04. The number of nitrogens with one attached hydrogen (secondary N) is 1. The summed E-state index contributed by atoms with van der Waals surface area (Å²) < 4.78 is 5.33. The predicted molar refractivity (Wildman–Crippen MR) is 96.2 cm³/mol. The van der Waals surface area contributed by atoms with Gasteiger partial charge in [-0.15, -0.1) is 11.8 Å². The van der Waals surface area contributed by atoms with E-state index in [-0.39, 0.29) is 18.1 Å². The number of carboxylic acids is 1. The molecule has 1 saturated heterocycles. The van der Waals surface area contributed by atoms with Crippen molar-refractivity contribution < 1.29 is 29.0 Å². The second-order valence-corrected chi connectivity index (χ2v) is 6.85. The molecule has 1 aliphatic heterocycles. The molecular formula is C17H20N2O6S. The van der Waals surface area contributed by atoms with Gasteiger partial charge < -0.3 is 15.2 Å². The van der Waals surface area contributed by atoms with Gasteiger partial charge in [-0.05, 0) is 31.2 Å². The predicted octanol–water partition coefficient (Wildman–Crippen LogP) is 1.04. The fraction of sp³-hybridized carbons (Fsp3) is 0.412. The summed E-state index contributed by atoms with van der Waals surface area (Å²) in [6.07, 6.45) is -0.0108. The second kappa shape index (κ2) is 8.70. The number of carbonyl (C=O) groups is 4. The molecule has 1 aliphatic rings. The molecule has 0 saturated carbocycles. The largest absolute Gasteiger partial charge is 0.494 e. The molecule has 1 aromatic rings. The highest BCUT2D eigenvalue weighted by Crippen LogP contribution is 2.31. The minimum Gasteiger partial charge on any atom is -0.494 e. The number of thioether (sulfide) groups is 1. The Morgan fingerprint density at radius 1 is 1.35 bits per heavy atom. The number of carboxylic acid groups (broad SMARTS) is 1. The smallest absolute Gasteiger partial charge is 0.327 e. The maximum absolute atomic E-state index is 12.5. The zero-order chi connectivity index (χ0) is 19.3. The molecule has 2 atom stereocenters. The molecule has 0 aliphatic carbocycles. The maximum atomic E-state index is 12.5. The number of carbonyl (C=O) groups excluding carboxylic acids is 3. The molecule has 1 heterocycles. The first-order chi connectivity index (χ1) is 12.3. The number of anilines is 1. The van der Waals surface area contributed by atoms with Crippen LogP contribution in [0.15, 0.2) is 24.3 Å². The Morgan fingerprint density at radius 2 is 2.00 bits per heavy atom. The highest BCUT2D eigenvalue weighted by Gasteiger charge is 2.40. The lowest BCUT2D eigenvalue weighted by Crippen LogP contribution is -2.42. The van der Waals surface area contributed by atoms with Crippen LogP contribution in [0.2, 0.25) is 0 Å². The number of imide groups is 1. The van der Waals surface area contributed by atoms with Crippen LogP contribution < -0.4 is 15.0 Å². The second-order valence-electron chi connectivity index (χ2n) is 5.61. The molecule has 26 heavy (non-hydrogen) atoms. The lowest BCUT2D eigenvalue weighted by molar-refractivity contribution is -0.140. The van der Waals surface area contributed by atoms with Gasteiger partial charge in [-0.2, -0.15) is 0 Å². The van der Waals surface area contributed by atoms with Gasteiger partial charge in [-0.3, -0.25) is 14.4 Å². The van der Waals surface area contributed by atoms with E-state index in [1.165, 1.54) is 6.92 Å². The van der Waals surface area contributed by atoms with E-state index in [1.807, 2.05) is 6.92 Å². The number of hydrogen-bond acceptors (Lipinski definition) is 6. The summed E-state index contributed by atoms with van der Waals surface area (Å²) in [7, 11) is 0. The van der Waals surface area contributed by atoms with Crippen LogP contribution in [-0.4, -0.2) is 52.4 Å². The average molecular weight is 380 g/mol. The molecule has 2 N–H and O–H groups in total. The minimum atomic E-state index is -1.19. The molecule has 1 fully saturated rings. The summed E-state index contributed by atoms with van der Waals surface area (Å²) >= 11 is 1.05. The molecule has 2 unspecified atom stereocenters. The van der Waals surface area contributed by atoms with Crippen LogP contribution in [0.3, 0.4) is 0 Å². The quantitative estimate of drug-likeness (QED) is 0.648. The van der Waals surface area contributed by atoms with E-state index in [2.05, 4.69) is 5.32 Å². The number of benzene rings is 1. The first kappa shape index (κ1) is 19.8. The molecule has 0 bridgehead atoms. The Bertz CT molecular complexity index is 706. The zero-order valence-electron chi connectivity index (χ0n) is 14.4. The Kier molecular flexibility index (Phi) is 6.62. The third-order valence-corrected chi connectivity index (χ3v) is 4.95. The SMILES string of the molecule is CCOc1ccc(N2C(=O)CC(SCC(NC(C)=O)C(=O)O)C2=O)cc1. The van der Waals surface area contributed by atoms with Crippen LogP contribution in [-0.2, 0) is 19.2 Å². The van der Waals surface area contributed by atoms with Crippen molar-refractivity contribution in [1.82, 2.24) is 5.32 Å². The summed E-state index contributed by atoms with van der Waals surface area (Å²) in [5.74, 6) is -1.76.